The van der Waals surface area contributed by atoms with Crippen LogP contribution < -0.4 is 0 Å². The second kappa shape index (κ2) is 14.0. The number of hydrogen-bond donors (Lipinski definition) is 0. The van der Waals surface area contributed by atoms with Gasteiger partial charge in [-0.1, -0.05) is 194 Å². The van der Waals surface area contributed by atoms with Crippen molar-refractivity contribution in [3.63, 3.8) is 0 Å². The molecule has 0 spiro atoms. The van der Waals surface area contributed by atoms with Crippen LogP contribution in [-0.4, -0.2) is 4.57 Å². The van der Waals surface area contributed by atoms with E-state index < -0.39 is 0 Å². The zero-order chi connectivity index (χ0) is 36.6. The lowest BCUT2D eigenvalue weighted by molar-refractivity contribution is 1.10. The predicted octanol–water partition coefficient (Wildman–Crippen LogP) is 14.8. The summed E-state index contributed by atoms with van der Waals surface area (Å²) >= 11 is 0. The molecule has 0 aliphatic heterocycles. The lowest BCUT2D eigenvalue weighted by atomic mass is 9.85. The van der Waals surface area contributed by atoms with Crippen molar-refractivity contribution >= 4 is 21.5 Å². The Balaban J connectivity index is 1.04. The molecule has 1 aromatic heterocycles. The maximum Gasteiger partial charge on any atom is 0.0535 e. The topological polar surface area (TPSA) is 4.93 Å². The molecule has 0 unspecified atom stereocenters. The van der Waals surface area contributed by atoms with Crippen molar-refractivity contribution in [3.8, 4) is 72.7 Å². The molecule has 55 heavy (non-hydrogen) atoms. The van der Waals surface area contributed by atoms with E-state index in [0.717, 1.165) is 5.69 Å². The lowest BCUT2D eigenvalue weighted by Crippen LogP contribution is -1.99. The molecule has 10 rings (SSSR count). The van der Waals surface area contributed by atoms with Crippen LogP contribution in [0, 0.1) is 0 Å². The molecule has 0 N–H and O–H groups in total. The summed E-state index contributed by atoms with van der Waals surface area (Å²) in [5, 5.41) is 5.06. The molecule has 1 nitrogen and oxygen atoms in total. The largest absolute Gasteiger partial charge is 0.309 e. The molecular weight excluding hydrogens is 663 g/mol. The van der Waals surface area contributed by atoms with Crippen LogP contribution in [-0.2, 0) is 0 Å². The van der Waals surface area contributed by atoms with Gasteiger partial charge in [-0.3, -0.25) is 0 Å². The number of fused-ring (bicyclic) bond motifs is 2. The minimum absolute atomic E-state index is 1.14. The van der Waals surface area contributed by atoms with E-state index >= 15 is 0 Å². The van der Waals surface area contributed by atoms with Crippen molar-refractivity contribution < 1.29 is 0 Å². The van der Waals surface area contributed by atoms with Gasteiger partial charge in [-0.2, -0.15) is 0 Å². The number of rotatable bonds is 7. The molecule has 0 saturated carbocycles. The maximum absolute atomic E-state index is 2.39. The maximum atomic E-state index is 2.39. The van der Waals surface area contributed by atoms with E-state index in [-0.39, 0.29) is 0 Å². The highest BCUT2D eigenvalue weighted by Gasteiger charge is 2.18. The van der Waals surface area contributed by atoms with E-state index in [1.807, 2.05) is 0 Å². The van der Waals surface area contributed by atoms with Crippen LogP contribution in [0.4, 0.5) is 0 Å². The first-order chi connectivity index (χ1) is 27.3. The standard InChI is InChI=1S/C54H37N/c1-5-15-41(16-6-1)51-35-36-52(42-17-7-2-8-18-42)55(51)46-32-29-39(30-33-46)38-25-27-40(28-26-38)45-31-34-49-50(37-45)54(44-21-11-4-12-22-44)48-24-14-13-23-47(48)53(49)43-19-9-3-10-20-43/h1-37H. The molecular formula is C54H37N. The highest BCUT2D eigenvalue weighted by atomic mass is 15.0. The third kappa shape index (κ3) is 5.93. The van der Waals surface area contributed by atoms with Gasteiger partial charge in [0, 0.05) is 5.69 Å². The Labute approximate surface area is 322 Å². The molecule has 9 aromatic carbocycles. The van der Waals surface area contributed by atoms with Crippen LogP contribution in [0.2, 0.25) is 0 Å². The number of benzene rings is 9. The lowest BCUT2D eigenvalue weighted by Gasteiger charge is -2.18. The van der Waals surface area contributed by atoms with Crippen molar-refractivity contribution in [1.82, 2.24) is 4.57 Å². The Kier molecular flexibility index (Phi) is 8.24. The summed E-state index contributed by atoms with van der Waals surface area (Å²) in [5.74, 6) is 0. The van der Waals surface area contributed by atoms with Crippen molar-refractivity contribution in [3.05, 3.63) is 224 Å². The van der Waals surface area contributed by atoms with Gasteiger partial charge in [0.05, 0.1) is 11.4 Å². The van der Waals surface area contributed by atoms with Crippen molar-refractivity contribution in [1.29, 1.82) is 0 Å². The summed E-state index contributed by atoms with van der Waals surface area (Å²) in [4.78, 5) is 0. The van der Waals surface area contributed by atoms with Crippen molar-refractivity contribution in [2.45, 2.75) is 0 Å². The average Bonchev–Trinajstić information content (AvgIpc) is 3.72. The van der Waals surface area contributed by atoms with Crippen LogP contribution in [0.5, 0.6) is 0 Å². The van der Waals surface area contributed by atoms with E-state index in [4.69, 9.17) is 0 Å². The fraction of sp³-hybridized carbons (Fsp3) is 0. The number of nitrogens with zero attached hydrogens (tertiary/aromatic N) is 1. The van der Waals surface area contributed by atoms with Crippen molar-refractivity contribution in [2.75, 3.05) is 0 Å². The van der Waals surface area contributed by atoms with E-state index in [0.29, 0.717) is 0 Å². The smallest absolute Gasteiger partial charge is 0.0535 e. The second-order valence-electron chi connectivity index (χ2n) is 14.1. The van der Waals surface area contributed by atoms with Crippen LogP contribution in [0.1, 0.15) is 0 Å². The minimum Gasteiger partial charge on any atom is -0.309 e. The Bertz CT molecular complexity index is 2850. The van der Waals surface area contributed by atoms with Gasteiger partial charge in [0.2, 0.25) is 0 Å². The van der Waals surface area contributed by atoms with E-state index in [9.17, 15) is 0 Å². The Morgan fingerprint density at radius 1 is 0.218 bits per heavy atom. The fourth-order valence-corrected chi connectivity index (χ4v) is 8.23. The van der Waals surface area contributed by atoms with E-state index in [1.165, 1.54) is 88.6 Å². The zero-order valence-corrected chi connectivity index (χ0v) is 30.3. The van der Waals surface area contributed by atoms with Crippen LogP contribution >= 0.6 is 0 Å². The monoisotopic (exact) mass is 699 g/mol. The fourth-order valence-electron chi connectivity index (χ4n) is 8.23. The van der Waals surface area contributed by atoms with Crippen molar-refractivity contribution in [2.24, 2.45) is 0 Å². The molecule has 0 aliphatic carbocycles. The highest BCUT2D eigenvalue weighted by molar-refractivity contribution is 6.22. The molecule has 0 bridgehead atoms. The Morgan fingerprint density at radius 2 is 0.564 bits per heavy atom. The molecule has 0 fully saturated rings. The summed E-state index contributed by atoms with van der Waals surface area (Å²) in [6, 6.07) is 81.2. The van der Waals surface area contributed by atoms with Gasteiger partial charge in [-0.15, -0.1) is 0 Å². The van der Waals surface area contributed by atoms with Gasteiger partial charge in [-0.25, -0.2) is 0 Å². The SMILES string of the molecule is c1ccc(-c2c3ccccc3c(-c3ccccc3)c3cc(-c4ccc(-c5ccc(-n6c(-c7ccccc7)ccc6-c6ccccc6)cc5)cc4)ccc23)cc1. The number of hydrogen-bond acceptors (Lipinski definition) is 0. The molecule has 10 aromatic rings. The number of aromatic nitrogens is 1. The van der Waals surface area contributed by atoms with Gasteiger partial charge >= 0.3 is 0 Å². The summed E-state index contributed by atoms with van der Waals surface area (Å²) in [6.45, 7) is 0. The summed E-state index contributed by atoms with van der Waals surface area (Å²) < 4.78 is 2.37. The van der Waals surface area contributed by atoms with Gasteiger partial charge < -0.3 is 4.57 Å². The van der Waals surface area contributed by atoms with Gasteiger partial charge in [0.25, 0.3) is 0 Å². The third-order valence-electron chi connectivity index (χ3n) is 10.8. The Hall–Kier alpha value is -7.22. The normalized spacial score (nSPS) is 11.3. The average molecular weight is 700 g/mol. The zero-order valence-electron chi connectivity index (χ0n) is 30.3. The van der Waals surface area contributed by atoms with E-state index in [1.54, 1.807) is 0 Å². The summed E-state index contributed by atoms with van der Waals surface area (Å²) in [6.07, 6.45) is 0. The Morgan fingerprint density at radius 3 is 1.04 bits per heavy atom. The minimum atomic E-state index is 1.14. The van der Waals surface area contributed by atoms with Crippen LogP contribution in [0.25, 0.3) is 94.3 Å². The molecule has 1 heterocycles. The molecule has 258 valence electrons. The molecule has 1 heteroatoms. The first-order valence-corrected chi connectivity index (χ1v) is 18.9. The predicted molar refractivity (Wildman–Crippen MR) is 233 cm³/mol. The second-order valence-corrected chi connectivity index (χ2v) is 14.1. The third-order valence-corrected chi connectivity index (χ3v) is 10.8. The van der Waals surface area contributed by atoms with E-state index in [2.05, 4.69) is 229 Å². The molecule has 0 amide bonds. The first kappa shape index (κ1) is 32.4. The highest BCUT2D eigenvalue weighted by Crippen LogP contribution is 2.45. The van der Waals surface area contributed by atoms with Gasteiger partial charge in [0.1, 0.15) is 0 Å². The quantitative estimate of drug-likeness (QED) is 0.146. The van der Waals surface area contributed by atoms with Gasteiger partial charge in [0.15, 0.2) is 0 Å². The molecule has 0 atom stereocenters. The summed E-state index contributed by atoms with van der Waals surface area (Å²) in [7, 11) is 0. The van der Waals surface area contributed by atoms with Crippen LogP contribution in [0.3, 0.4) is 0 Å². The van der Waals surface area contributed by atoms with Crippen LogP contribution in [0.15, 0.2) is 224 Å². The molecule has 0 saturated heterocycles. The van der Waals surface area contributed by atoms with Gasteiger partial charge in [-0.05, 0) is 108 Å². The molecule has 0 aliphatic rings. The first-order valence-electron chi connectivity index (χ1n) is 18.9. The molecule has 0 radical (unpaired) electrons. The summed E-state index contributed by atoms with van der Waals surface area (Å²) in [5.41, 5.74) is 15.7.